The summed E-state index contributed by atoms with van der Waals surface area (Å²) in [6.07, 6.45) is 6.29. The zero-order valence-corrected chi connectivity index (χ0v) is 20.3. The predicted octanol–water partition coefficient (Wildman–Crippen LogP) is 2.41. The molecule has 186 valence electrons. The van der Waals surface area contributed by atoms with E-state index < -0.39 is 28.0 Å². The summed E-state index contributed by atoms with van der Waals surface area (Å²) < 4.78 is 43.6. The smallest absolute Gasteiger partial charge is 0.312 e. The van der Waals surface area contributed by atoms with Crippen LogP contribution in [0.3, 0.4) is 0 Å². The number of hydrogen-bond donors (Lipinski definition) is 1. The standard InChI is InChI=1S/C24H32N2O7S/c1-31-20-3-2-19(11-21(20)34(29,30)26-4-6-32-7-5-26)25-22(27)15-33-23(28)24-12-16-8-17(13-24)10-18(9-16)14-24/h2-3,11,16-18H,4-10,12-15H2,1H3,(H,25,27). The van der Waals surface area contributed by atoms with Crippen LogP contribution in [0.4, 0.5) is 5.69 Å². The van der Waals surface area contributed by atoms with Crippen molar-refractivity contribution in [1.82, 2.24) is 4.31 Å². The molecule has 9 nitrogen and oxygen atoms in total. The van der Waals surface area contributed by atoms with Gasteiger partial charge < -0.3 is 19.5 Å². The molecule has 1 saturated heterocycles. The largest absolute Gasteiger partial charge is 0.495 e. The lowest BCUT2D eigenvalue weighted by Gasteiger charge is -2.55. The molecule has 1 N–H and O–H groups in total. The molecule has 0 aromatic heterocycles. The molecule has 4 bridgehead atoms. The molecule has 10 heteroatoms. The number of nitrogens with one attached hydrogen (secondary N) is 1. The second kappa shape index (κ2) is 9.13. The minimum atomic E-state index is -3.82. The number of rotatable bonds is 7. The molecule has 0 atom stereocenters. The van der Waals surface area contributed by atoms with E-state index in [-0.39, 0.29) is 29.7 Å². The maximum atomic E-state index is 13.1. The van der Waals surface area contributed by atoms with E-state index in [2.05, 4.69) is 5.32 Å². The zero-order chi connectivity index (χ0) is 23.9. The topological polar surface area (TPSA) is 111 Å². The van der Waals surface area contributed by atoms with Crippen LogP contribution in [-0.4, -0.2) is 64.6 Å². The molecule has 1 heterocycles. The quantitative estimate of drug-likeness (QED) is 0.582. The number of carbonyl (C=O) groups excluding carboxylic acids is 2. The molecular weight excluding hydrogens is 460 g/mol. The third-order valence-electron chi connectivity index (χ3n) is 7.84. The van der Waals surface area contributed by atoms with Crippen LogP contribution in [0.2, 0.25) is 0 Å². The summed E-state index contributed by atoms with van der Waals surface area (Å²) in [5.74, 6) is 1.26. The molecule has 0 radical (unpaired) electrons. The molecule has 5 fully saturated rings. The number of ether oxygens (including phenoxy) is 3. The van der Waals surface area contributed by atoms with Crippen LogP contribution in [0.1, 0.15) is 38.5 Å². The summed E-state index contributed by atoms with van der Waals surface area (Å²) in [5.41, 5.74) is -0.127. The van der Waals surface area contributed by atoms with Crippen LogP contribution in [0.25, 0.3) is 0 Å². The van der Waals surface area contributed by atoms with Crippen LogP contribution in [0.5, 0.6) is 5.75 Å². The molecule has 0 unspecified atom stereocenters. The molecule has 4 saturated carbocycles. The van der Waals surface area contributed by atoms with Gasteiger partial charge in [-0.3, -0.25) is 9.59 Å². The van der Waals surface area contributed by atoms with Gasteiger partial charge in [-0.1, -0.05) is 0 Å². The highest BCUT2D eigenvalue weighted by Gasteiger charge is 2.55. The third kappa shape index (κ3) is 4.43. The van der Waals surface area contributed by atoms with E-state index in [0.717, 1.165) is 19.3 Å². The fraction of sp³-hybridized carbons (Fsp3) is 0.667. The van der Waals surface area contributed by atoms with E-state index in [1.165, 1.54) is 42.8 Å². The van der Waals surface area contributed by atoms with Gasteiger partial charge in [-0.2, -0.15) is 4.31 Å². The maximum Gasteiger partial charge on any atom is 0.312 e. The first-order chi connectivity index (χ1) is 16.3. The van der Waals surface area contributed by atoms with Gasteiger partial charge >= 0.3 is 5.97 Å². The molecular formula is C24H32N2O7S. The van der Waals surface area contributed by atoms with Gasteiger partial charge in [0.25, 0.3) is 5.91 Å². The Kier molecular flexibility index (Phi) is 6.32. The van der Waals surface area contributed by atoms with Crippen molar-refractivity contribution in [3.63, 3.8) is 0 Å². The maximum absolute atomic E-state index is 13.1. The van der Waals surface area contributed by atoms with Crippen LogP contribution >= 0.6 is 0 Å². The Morgan fingerprint density at radius 3 is 2.29 bits per heavy atom. The number of benzene rings is 1. The fourth-order valence-corrected chi connectivity index (χ4v) is 8.31. The Morgan fingerprint density at radius 2 is 1.71 bits per heavy atom. The lowest BCUT2D eigenvalue weighted by Crippen LogP contribution is -2.50. The first-order valence-corrected chi connectivity index (χ1v) is 13.5. The second-order valence-electron chi connectivity index (χ2n) is 10.2. The number of sulfonamides is 1. The van der Waals surface area contributed by atoms with Crippen molar-refractivity contribution < 1.29 is 32.2 Å². The van der Waals surface area contributed by atoms with Crippen LogP contribution in [0.15, 0.2) is 23.1 Å². The lowest BCUT2D eigenvalue weighted by molar-refractivity contribution is -0.172. The summed E-state index contributed by atoms with van der Waals surface area (Å²) >= 11 is 0. The number of nitrogens with zero attached hydrogens (tertiary/aromatic N) is 1. The highest BCUT2D eigenvalue weighted by molar-refractivity contribution is 7.89. The average Bonchev–Trinajstić information content (AvgIpc) is 2.82. The summed E-state index contributed by atoms with van der Waals surface area (Å²) in [4.78, 5) is 25.5. The second-order valence-corrected chi connectivity index (χ2v) is 12.1. The van der Waals surface area contributed by atoms with E-state index in [1.807, 2.05) is 0 Å². The molecule has 4 aliphatic carbocycles. The van der Waals surface area contributed by atoms with Gasteiger partial charge in [0, 0.05) is 18.8 Å². The zero-order valence-electron chi connectivity index (χ0n) is 19.5. The lowest BCUT2D eigenvalue weighted by atomic mass is 9.49. The van der Waals surface area contributed by atoms with E-state index >= 15 is 0 Å². The van der Waals surface area contributed by atoms with Crippen LogP contribution in [0, 0.1) is 23.2 Å². The van der Waals surface area contributed by atoms with Crippen LogP contribution in [-0.2, 0) is 29.1 Å². The summed E-state index contributed by atoms with van der Waals surface area (Å²) in [6, 6.07) is 4.45. The van der Waals surface area contributed by atoms with Gasteiger partial charge in [-0.05, 0) is 74.5 Å². The highest BCUT2D eigenvalue weighted by atomic mass is 32.2. The Balaban J connectivity index is 1.23. The minimum absolute atomic E-state index is 0.0275. The number of morpholine rings is 1. The molecule has 1 aromatic rings. The number of hydrogen-bond acceptors (Lipinski definition) is 7. The Morgan fingerprint density at radius 1 is 1.09 bits per heavy atom. The molecule has 6 rings (SSSR count). The molecule has 1 aromatic carbocycles. The molecule has 1 amide bonds. The van der Waals surface area contributed by atoms with Gasteiger partial charge in [0.15, 0.2) is 6.61 Å². The normalized spacial score (nSPS) is 30.7. The third-order valence-corrected chi connectivity index (χ3v) is 9.76. The molecule has 34 heavy (non-hydrogen) atoms. The minimum Gasteiger partial charge on any atom is -0.495 e. The highest BCUT2D eigenvalue weighted by Crippen LogP contribution is 2.60. The molecule has 5 aliphatic rings. The number of anilines is 1. The van der Waals surface area contributed by atoms with Gasteiger partial charge in [-0.15, -0.1) is 0 Å². The Bertz CT molecular complexity index is 1030. The van der Waals surface area contributed by atoms with Gasteiger partial charge in [0.1, 0.15) is 10.6 Å². The number of esters is 1. The average molecular weight is 493 g/mol. The van der Waals surface area contributed by atoms with Crippen molar-refractivity contribution in [3.8, 4) is 5.75 Å². The molecule has 0 spiro atoms. The van der Waals surface area contributed by atoms with Gasteiger partial charge in [0.05, 0.1) is 25.7 Å². The molecule has 1 aliphatic heterocycles. The van der Waals surface area contributed by atoms with Gasteiger partial charge in [0.2, 0.25) is 10.0 Å². The summed E-state index contributed by atoms with van der Waals surface area (Å²) in [6.45, 7) is 0.767. The van der Waals surface area contributed by atoms with E-state index in [4.69, 9.17) is 14.2 Å². The SMILES string of the molecule is COc1ccc(NC(=O)COC(=O)C23CC4CC(CC(C4)C2)C3)cc1S(=O)(=O)N1CCOCC1. The van der Waals surface area contributed by atoms with E-state index in [0.29, 0.717) is 36.7 Å². The number of carbonyl (C=O) groups is 2. The van der Waals surface area contributed by atoms with Crippen LogP contribution < -0.4 is 10.1 Å². The Hall–Kier alpha value is -2.17. The van der Waals surface area contributed by atoms with Crippen molar-refractivity contribution in [2.45, 2.75) is 43.4 Å². The van der Waals surface area contributed by atoms with Gasteiger partial charge in [-0.25, -0.2) is 8.42 Å². The van der Waals surface area contributed by atoms with Crippen molar-refractivity contribution in [3.05, 3.63) is 18.2 Å². The first kappa shape index (κ1) is 23.6. The first-order valence-electron chi connectivity index (χ1n) is 12.0. The van der Waals surface area contributed by atoms with E-state index in [9.17, 15) is 18.0 Å². The van der Waals surface area contributed by atoms with Crippen molar-refractivity contribution in [2.24, 2.45) is 23.2 Å². The fourth-order valence-electron chi connectivity index (χ4n) is 6.72. The van der Waals surface area contributed by atoms with Crippen molar-refractivity contribution in [1.29, 1.82) is 0 Å². The summed E-state index contributed by atoms with van der Waals surface area (Å²) in [7, 11) is -2.42. The summed E-state index contributed by atoms with van der Waals surface area (Å²) in [5, 5.41) is 2.66. The monoisotopic (exact) mass is 492 g/mol. The predicted molar refractivity (Wildman–Crippen MR) is 123 cm³/mol. The number of methoxy groups -OCH3 is 1. The van der Waals surface area contributed by atoms with Crippen molar-refractivity contribution in [2.75, 3.05) is 45.3 Å². The van der Waals surface area contributed by atoms with E-state index in [1.54, 1.807) is 6.07 Å². The van der Waals surface area contributed by atoms with Crippen molar-refractivity contribution >= 4 is 27.6 Å². The Labute approximate surface area is 200 Å². The number of amides is 1.